The summed E-state index contributed by atoms with van der Waals surface area (Å²) in [6, 6.07) is 13.2. The third kappa shape index (κ3) is 4.14. The minimum absolute atomic E-state index is 0.105. The summed E-state index contributed by atoms with van der Waals surface area (Å²) in [6.07, 6.45) is 1.72. The van der Waals surface area contributed by atoms with Crippen LogP contribution in [0.15, 0.2) is 53.1 Å². The molecule has 0 aliphatic rings. The lowest BCUT2D eigenvalue weighted by Crippen LogP contribution is -2.23. The summed E-state index contributed by atoms with van der Waals surface area (Å²) in [5.41, 5.74) is 4.63. The highest BCUT2D eigenvalue weighted by molar-refractivity contribution is 9.10. The zero-order valence-corrected chi connectivity index (χ0v) is 15.7. The fourth-order valence-electron chi connectivity index (χ4n) is 2.54. The second kappa shape index (κ2) is 7.61. The van der Waals surface area contributed by atoms with Gasteiger partial charge in [0, 0.05) is 11.8 Å². The van der Waals surface area contributed by atoms with Crippen molar-refractivity contribution in [3.63, 3.8) is 0 Å². The number of halogens is 1. The lowest BCUT2D eigenvalue weighted by molar-refractivity contribution is 0.0950. The SMILES string of the molecule is Cc1nn(Cc2ccc(C(=O)NCc3ccccn3)cc2)c(C)c1Br. The van der Waals surface area contributed by atoms with Crippen LogP contribution in [0.2, 0.25) is 0 Å². The Kier molecular flexibility index (Phi) is 5.28. The van der Waals surface area contributed by atoms with E-state index in [4.69, 9.17) is 0 Å². The second-order valence-corrected chi connectivity index (χ2v) is 6.64. The maximum Gasteiger partial charge on any atom is 0.251 e. The fraction of sp³-hybridized carbons (Fsp3) is 0.211. The Morgan fingerprint density at radius 3 is 2.52 bits per heavy atom. The molecule has 1 N–H and O–H groups in total. The average Bonchev–Trinajstić information content (AvgIpc) is 2.88. The number of nitrogens with one attached hydrogen (secondary N) is 1. The molecule has 0 bridgehead atoms. The molecule has 0 spiro atoms. The van der Waals surface area contributed by atoms with Crippen LogP contribution in [0.25, 0.3) is 0 Å². The van der Waals surface area contributed by atoms with Crippen molar-refractivity contribution in [1.82, 2.24) is 20.1 Å². The van der Waals surface area contributed by atoms with E-state index in [1.165, 1.54) is 0 Å². The maximum absolute atomic E-state index is 12.2. The van der Waals surface area contributed by atoms with Gasteiger partial charge in [0.1, 0.15) is 0 Å². The number of aromatic nitrogens is 3. The zero-order valence-electron chi connectivity index (χ0n) is 14.2. The van der Waals surface area contributed by atoms with Gasteiger partial charge >= 0.3 is 0 Å². The first kappa shape index (κ1) is 17.4. The van der Waals surface area contributed by atoms with Crippen LogP contribution in [0, 0.1) is 13.8 Å². The molecule has 0 atom stereocenters. The van der Waals surface area contributed by atoms with E-state index in [2.05, 4.69) is 31.3 Å². The summed E-state index contributed by atoms with van der Waals surface area (Å²) in [4.78, 5) is 16.4. The van der Waals surface area contributed by atoms with Gasteiger partial charge in [0.2, 0.25) is 0 Å². The van der Waals surface area contributed by atoms with Gasteiger partial charge in [0.15, 0.2) is 0 Å². The summed E-state index contributed by atoms with van der Waals surface area (Å²) in [6.45, 7) is 5.10. The number of carbonyl (C=O) groups is 1. The minimum Gasteiger partial charge on any atom is -0.346 e. The topological polar surface area (TPSA) is 59.8 Å². The smallest absolute Gasteiger partial charge is 0.251 e. The normalized spacial score (nSPS) is 10.7. The average molecular weight is 399 g/mol. The van der Waals surface area contributed by atoms with Gasteiger partial charge in [0.05, 0.1) is 34.6 Å². The predicted molar refractivity (Wildman–Crippen MR) is 100 cm³/mol. The highest BCUT2D eigenvalue weighted by atomic mass is 79.9. The quantitative estimate of drug-likeness (QED) is 0.713. The highest BCUT2D eigenvalue weighted by Gasteiger charge is 2.10. The van der Waals surface area contributed by atoms with E-state index in [0.717, 1.165) is 27.1 Å². The summed E-state index contributed by atoms with van der Waals surface area (Å²) in [5.74, 6) is -0.105. The molecule has 3 rings (SSSR count). The van der Waals surface area contributed by atoms with Crippen LogP contribution in [0.4, 0.5) is 0 Å². The molecule has 0 aliphatic carbocycles. The summed E-state index contributed by atoms with van der Waals surface area (Å²) < 4.78 is 2.99. The van der Waals surface area contributed by atoms with E-state index in [0.29, 0.717) is 18.7 Å². The molecule has 3 aromatic rings. The molecule has 128 valence electrons. The lowest BCUT2D eigenvalue weighted by atomic mass is 10.1. The van der Waals surface area contributed by atoms with Crippen molar-refractivity contribution in [1.29, 1.82) is 0 Å². The molecule has 25 heavy (non-hydrogen) atoms. The molecule has 6 heteroatoms. The number of nitrogens with zero attached hydrogens (tertiary/aromatic N) is 3. The fourth-order valence-corrected chi connectivity index (χ4v) is 2.82. The number of rotatable bonds is 5. The molecule has 0 radical (unpaired) electrons. The second-order valence-electron chi connectivity index (χ2n) is 5.84. The van der Waals surface area contributed by atoms with E-state index in [-0.39, 0.29) is 5.91 Å². The van der Waals surface area contributed by atoms with E-state index >= 15 is 0 Å². The standard InChI is InChI=1S/C19H19BrN4O/c1-13-18(20)14(2)24(23-13)12-15-6-8-16(9-7-15)19(25)22-11-17-5-3-4-10-21-17/h3-10H,11-12H2,1-2H3,(H,22,25). The van der Waals surface area contributed by atoms with Crippen LogP contribution >= 0.6 is 15.9 Å². The van der Waals surface area contributed by atoms with Gasteiger partial charge in [0.25, 0.3) is 5.91 Å². The van der Waals surface area contributed by atoms with Gasteiger partial charge in [-0.3, -0.25) is 14.5 Å². The third-order valence-corrected chi connectivity index (χ3v) is 5.15. The molecular weight excluding hydrogens is 380 g/mol. The van der Waals surface area contributed by atoms with Gasteiger partial charge in [-0.1, -0.05) is 18.2 Å². The van der Waals surface area contributed by atoms with Crippen molar-refractivity contribution in [2.45, 2.75) is 26.9 Å². The predicted octanol–water partition coefficient (Wildman–Crippen LogP) is 3.64. The van der Waals surface area contributed by atoms with Crippen molar-refractivity contribution in [2.24, 2.45) is 0 Å². The number of amides is 1. The molecule has 0 unspecified atom stereocenters. The number of hydrogen-bond donors (Lipinski definition) is 1. The Morgan fingerprint density at radius 2 is 1.92 bits per heavy atom. The molecule has 0 aliphatic heterocycles. The van der Waals surface area contributed by atoms with Crippen molar-refractivity contribution in [3.8, 4) is 0 Å². The molecule has 1 amide bonds. The van der Waals surface area contributed by atoms with Crippen molar-refractivity contribution in [3.05, 3.63) is 81.3 Å². The first-order chi connectivity index (χ1) is 12.0. The third-order valence-electron chi connectivity index (χ3n) is 4.00. The van der Waals surface area contributed by atoms with E-state index in [1.807, 2.05) is 61.0 Å². The van der Waals surface area contributed by atoms with Crippen molar-refractivity contribution < 1.29 is 4.79 Å². The monoisotopic (exact) mass is 398 g/mol. The molecule has 0 saturated heterocycles. The van der Waals surface area contributed by atoms with Crippen LogP contribution in [0.1, 0.15) is 33.0 Å². The molecule has 1 aromatic carbocycles. The maximum atomic E-state index is 12.2. The zero-order chi connectivity index (χ0) is 17.8. The molecule has 2 heterocycles. The Bertz CT molecular complexity index is 872. The molecule has 2 aromatic heterocycles. The molecule has 5 nitrogen and oxygen atoms in total. The molecule has 0 saturated carbocycles. The van der Waals surface area contributed by atoms with E-state index in [9.17, 15) is 4.79 Å². The Labute approximate surface area is 155 Å². The Balaban J connectivity index is 1.63. The van der Waals surface area contributed by atoms with E-state index in [1.54, 1.807) is 6.20 Å². The van der Waals surface area contributed by atoms with Gasteiger partial charge in [-0.2, -0.15) is 5.10 Å². The summed E-state index contributed by atoms with van der Waals surface area (Å²) >= 11 is 3.54. The number of aryl methyl sites for hydroxylation is 1. The van der Waals surface area contributed by atoms with E-state index < -0.39 is 0 Å². The highest BCUT2D eigenvalue weighted by Crippen LogP contribution is 2.20. The molecule has 0 fully saturated rings. The van der Waals surface area contributed by atoms with Crippen LogP contribution in [0.3, 0.4) is 0 Å². The van der Waals surface area contributed by atoms with Gasteiger partial charge in [-0.15, -0.1) is 0 Å². The Morgan fingerprint density at radius 1 is 1.16 bits per heavy atom. The first-order valence-electron chi connectivity index (χ1n) is 8.01. The number of hydrogen-bond acceptors (Lipinski definition) is 3. The number of pyridine rings is 1. The number of benzene rings is 1. The molecular formula is C19H19BrN4O. The van der Waals surface area contributed by atoms with Gasteiger partial charge < -0.3 is 5.32 Å². The van der Waals surface area contributed by atoms with Crippen LogP contribution < -0.4 is 5.32 Å². The number of carbonyl (C=O) groups excluding carboxylic acids is 1. The largest absolute Gasteiger partial charge is 0.346 e. The van der Waals surface area contributed by atoms with Crippen LogP contribution in [0.5, 0.6) is 0 Å². The van der Waals surface area contributed by atoms with Crippen molar-refractivity contribution >= 4 is 21.8 Å². The van der Waals surface area contributed by atoms with Gasteiger partial charge in [-0.25, -0.2) is 0 Å². The van der Waals surface area contributed by atoms with Crippen LogP contribution in [-0.2, 0) is 13.1 Å². The minimum atomic E-state index is -0.105. The van der Waals surface area contributed by atoms with Gasteiger partial charge in [-0.05, 0) is 59.6 Å². The summed E-state index contributed by atoms with van der Waals surface area (Å²) in [5, 5.41) is 7.39. The van der Waals surface area contributed by atoms with Crippen LogP contribution in [-0.4, -0.2) is 20.7 Å². The Hall–Kier alpha value is -2.47. The lowest BCUT2D eigenvalue weighted by Gasteiger charge is -2.07. The first-order valence-corrected chi connectivity index (χ1v) is 8.80. The van der Waals surface area contributed by atoms with Crippen molar-refractivity contribution in [2.75, 3.05) is 0 Å². The summed E-state index contributed by atoms with van der Waals surface area (Å²) in [7, 11) is 0.